The van der Waals surface area contributed by atoms with Crippen LogP contribution >= 0.6 is 0 Å². The van der Waals surface area contributed by atoms with E-state index >= 15 is 8.78 Å². The van der Waals surface area contributed by atoms with E-state index < -0.39 is 35.5 Å². The lowest BCUT2D eigenvalue weighted by molar-refractivity contribution is -0.362. The van der Waals surface area contributed by atoms with Crippen molar-refractivity contribution in [2.75, 3.05) is 0 Å². The second-order valence-corrected chi connectivity index (χ2v) is 11.9. The van der Waals surface area contributed by atoms with Gasteiger partial charge in [-0.15, -0.1) is 0 Å². The maximum atomic E-state index is 15.0. The van der Waals surface area contributed by atoms with Gasteiger partial charge in [0.25, 0.3) is 0 Å². The van der Waals surface area contributed by atoms with E-state index in [1.165, 1.54) is 12.5 Å². The molecule has 0 bridgehead atoms. The molecule has 0 saturated heterocycles. The van der Waals surface area contributed by atoms with Crippen molar-refractivity contribution in [3.8, 4) is 0 Å². The molecule has 5 aliphatic carbocycles. The fraction of sp³-hybridized carbons (Fsp3) is 0.621. The normalized spacial score (nSPS) is 36.8. The Labute approximate surface area is 207 Å². The molecule has 0 radical (unpaired) electrons. The molecule has 1 aromatic rings. The number of alkyl halides is 5. The van der Waals surface area contributed by atoms with Gasteiger partial charge in [-0.3, -0.25) is 4.79 Å². The molecule has 3 saturated carbocycles. The molecular weight excluding hydrogens is 475 g/mol. The summed E-state index contributed by atoms with van der Waals surface area (Å²) in [6, 6.07) is 8.09. The van der Waals surface area contributed by atoms with E-state index in [1.807, 2.05) is 12.1 Å². The highest BCUT2D eigenvalue weighted by Crippen LogP contribution is 2.70. The molecule has 0 heterocycles. The van der Waals surface area contributed by atoms with Gasteiger partial charge in [0.05, 0.1) is 0 Å². The zero-order valence-corrected chi connectivity index (χ0v) is 20.3. The van der Waals surface area contributed by atoms with Crippen LogP contribution in [0.5, 0.6) is 0 Å². The van der Waals surface area contributed by atoms with Gasteiger partial charge in [0.1, 0.15) is 5.60 Å². The Balaban J connectivity index is 1.50. The zero-order valence-electron chi connectivity index (χ0n) is 20.3. The Morgan fingerprint density at radius 1 is 0.917 bits per heavy atom. The number of hydrogen-bond acceptors (Lipinski definition) is 2. The third-order valence-electron chi connectivity index (χ3n) is 10.1. The molecule has 1 N–H and O–H groups in total. The fourth-order valence-corrected chi connectivity index (χ4v) is 8.13. The molecule has 0 amide bonds. The predicted octanol–water partition coefficient (Wildman–Crippen LogP) is 7.39. The summed E-state index contributed by atoms with van der Waals surface area (Å²) in [5.74, 6) is -5.61. The van der Waals surface area contributed by atoms with Gasteiger partial charge < -0.3 is 5.11 Å². The lowest BCUT2D eigenvalue weighted by Crippen LogP contribution is -2.65. The highest BCUT2D eigenvalue weighted by atomic mass is 19.4. The second kappa shape index (κ2) is 7.75. The highest BCUT2D eigenvalue weighted by Gasteiger charge is 2.79. The molecule has 1 aromatic carbocycles. The molecular formula is C29H31F5O2. The van der Waals surface area contributed by atoms with Gasteiger partial charge in [0, 0.05) is 17.8 Å². The first kappa shape index (κ1) is 24.3. The Morgan fingerprint density at radius 2 is 1.58 bits per heavy atom. The zero-order chi connectivity index (χ0) is 25.7. The van der Waals surface area contributed by atoms with Gasteiger partial charge in [-0.1, -0.05) is 36.8 Å². The Bertz CT molecular complexity index is 1160. The first-order valence-electron chi connectivity index (χ1n) is 13.1. The van der Waals surface area contributed by atoms with Crippen molar-refractivity contribution in [1.82, 2.24) is 0 Å². The summed E-state index contributed by atoms with van der Waals surface area (Å²) in [6.45, 7) is 1.47. The summed E-state index contributed by atoms with van der Waals surface area (Å²) < 4.78 is 70.9. The highest BCUT2D eigenvalue weighted by molar-refractivity contribution is 5.93. The quantitative estimate of drug-likeness (QED) is 0.434. The van der Waals surface area contributed by atoms with Crippen LogP contribution in [0.3, 0.4) is 0 Å². The van der Waals surface area contributed by atoms with Crippen LogP contribution in [0.15, 0.2) is 47.1 Å². The average Bonchev–Trinajstić information content (AvgIpc) is 3.63. The minimum absolute atomic E-state index is 0.0270. The summed E-state index contributed by atoms with van der Waals surface area (Å²) in [5.41, 5.74) is 0.560. The third kappa shape index (κ3) is 3.26. The summed E-state index contributed by atoms with van der Waals surface area (Å²) in [7, 11) is 0. The van der Waals surface area contributed by atoms with Crippen LogP contribution in [0.2, 0.25) is 0 Å². The number of allylic oxidation sites excluding steroid dienone is 4. The summed E-state index contributed by atoms with van der Waals surface area (Å²) in [6.07, 6.45) is -0.0775. The second-order valence-electron chi connectivity index (χ2n) is 11.9. The number of carbonyl (C=O) groups is 1. The average molecular weight is 507 g/mol. The third-order valence-corrected chi connectivity index (χ3v) is 10.1. The number of benzene rings is 1. The number of fused-ring (bicyclic) bond motifs is 4. The Kier molecular flexibility index (Phi) is 5.24. The van der Waals surface area contributed by atoms with Crippen LogP contribution in [0.1, 0.15) is 87.7 Å². The van der Waals surface area contributed by atoms with Crippen molar-refractivity contribution < 1.29 is 31.9 Å². The van der Waals surface area contributed by atoms with Crippen LogP contribution in [-0.4, -0.2) is 28.6 Å². The van der Waals surface area contributed by atoms with Crippen LogP contribution in [0.25, 0.3) is 0 Å². The standard InChI is InChI=1S/C29H31F5O2/c1-26-15-23(18-6-4-17(5-7-18)16-2-3-16)25-21-11-9-20(35)14-19(21)8-10-22(25)24(26)12-13-27(26,36)28(30,31)29(32,33)34/h4-7,14,16,22-24,36H,2-3,8-13,15H2,1H3/t22?,23-,24?,26+,27+/m1/s1. The van der Waals surface area contributed by atoms with Gasteiger partial charge in [-0.25, -0.2) is 0 Å². The number of aliphatic hydroxyl groups is 1. The molecule has 0 spiro atoms. The lowest BCUT2D eigenvalue weighted by Gasteiger charge is -2.56. The molecule has 3 fully saturated rings. The van der Waals surface area contributed by atoms with Crippen LogP contribution in [0, 0.1) is 17.3 Å². The summed E-state index contributed by atoms with van der Waals surface area (Å²) >= 11 is 0. The van der Waals surface area contributed by atoms with Crippen molar-refractivity contribution in [1.29, 1.82) is 0 Å². The topological polar surface area (TPSA) is 37.3 Å². The smallest absolute Gasteiger partial charge is 0.383 e. The van der Waals surface area contributed by atoms with E-state index in [1.54, 1.807) is 6.08 Å². The maximum Gasteiger partial charge on any atom is 0.456 e. The summed E-state index contributed by atoms with van der Waals surface area (Å²) in [5, 5.41) is 11.3. The van der Waals surface area contributed by atoms with Crippen molar-refractivity contribution >= 4 is 5.78 Å². The van der Waals surface area contributed by atoms with Crippen LogP contribution in [-0.2, 0) is 4.79 Å². The molecule has 36 heavy (non-hydrogen) atoms. The largest absolute Gasteiger partial charge is 0.456 e. The number of halogens is 5. The molecule has 5 atom stereocenters. The Hall–Kier alpha value is -2.02. The monoisotopic (exact) mass is 506 g/mol. The van der Waals surface area contributed by atoms with Gasteiger partial charge in [-0.2, -0.15) is 22.0 Å². The van der Waals surface area contributed by atoms with E-state index in [4.69, 9.17) is 0 Å². The molecule has 5 aliphatic rings. The predicted molar refractivity (Wildman–Crippen MR) is 125 cm³/mol. The summed E-state index contributed by atoms with van der Waals surface area (Å²) in [4.78, 5) is 12.1. The van der Waals surface area contributed by atoms with Crippen LogP contribution in [0.4, 0.5) is 22.0 Å². The number of hydrogen-bond donors (Lipinski definition) is 1. The number of rotatable bonds is 3. The number of ketones is 1. The SMILES string of the molecule is C[C@]12C[C@H](c3ccc(C4CC4)cc3)C3=C4CCC(=O)C=C4CCC3C1CC[C@@]2(O)C(F)(F)C(F)(F)F. The van der Waals surface area contributed by atoms with Gasteiger partial charge in [-0.05, 0) is 97.5 Å². The first-order chi connectivity index (χ1) is 16.9. The Morgan fingerprint density at radius 3 is 2.22 bits per heavy atom. The van der Waals surface area contributed by atoms with Crippen molar-refractivity contribution in [2.24, 2.45) is 17.3 Å². The van der Waals surface area contributed by atoms with Crippen molar-refractivity contribution in [2.45, 2.75) is 94.2 Å². The fourth-order valence-electron chi connectivity index (χ4n) is 8.13. The molecule has 2 unspecified atom stereocenters. The first-order valence-corrected chi connectivity index (χ1v) is 13.1. The minimum atomic E-state index is -5.83. The number of carbonyl (C=O) groups excluding carboxylic acids is 1. The van der Waals surface area contributed by atoms with Gasteiger partial charge in [0.2, 0.25) is 0 Å². The van der Waals surface area contributed by atoms with Crippen molar-refractivity contribution in [3.05, 3.63) is 58.2 Å². The molecule has 194 valence electrons. The van der Waals surface area contributed by atoms with Crippen LogP contribution < -0.4 is 0 Å². The van der Waals surface area contributed by atoms with E-state index in [9.17, 15) is 23.1 Å². The van der Waals surface area contributed by atoms with Crippen molar-refractivity contribution in [3.63, 3.8) is 0 Å². The van der Waals surface area contributed by atoms with E-state index in [2.05, 4.69) is 12.1 Å². The molecule has 7 heteroatoms. The van der Waals surface area contributed by atoms with E-state index in [0.717, 1.165) is 35.1 Å². The molecule has 6 rings (SSSR count). The molecule has 2 nitrogen and oxygen atoms in total. The molecule has 0 aromatic heterocycles. The van der Waals surface area contributed by atoms with Gasteiger partial charge in [0.15, 0.2) is 5.78 Å². The molecule has 0 aliphatic heterocycles. The van der Waals surface area contributed by atoms with E-state index in [-0.39, 0.29) is 30.5 Å². The lowest BCUT2D eigenvalue weighted by atomic mass is 9.50. The van der Waals surface area contributed by atoms with E-state index in [0.29, 0.717) is 31.6 Å². The maximum absolute atomic E-state index is 15.0. The minimum Gasteiger partial charge on any atom is -0.383 e. The van der Waals surface area contributed by atoms with Gasteiger partial charge >= 0.3 is 12.1 Å².